The first-order valence-electron chi connectivity index (χ1n) is 8.36. The Morgan fingerprint density at radius 1 is 1.19 bits per heavy atom. The minimum atomic E-state index is -0.0614. The molecule has 6 heteroatoms. The van der Waals surface area contributed by atoms with Crippen molar-refractivity contribution in [1.29, 1.82) is 0 Å². The number of halogens is 2. The van der Waals surface area contributed by atoms with E-state index in [1.165, 1.54) is 0 Å². The van der Waals surface area contributed by atoms with Crippen LogP contribution in [-0.4, -0.2) is 22.0 Å². The third-order valence-corrected chi connectivity index (χ3v) is 4.76. The lowest BCUT2D eigenvalue weighted by Crippen LogP contribution is -2.25. The number of aromatic nitrogens is 2. The van der Waals surface area contributed by atoms with E-state index in [4.69, 9.17) is 4.98 Å². The topological polar surface area (TPSA) is 46.9 Å². The lowest BCUT2D eigenvalue weighted by atomic mass is 10.2. The second-order valence-corrected chi connectivity index (χ2v) is 8.03. The number of hydrogen-bond acceptors (Lipinski definition) is 2. The molecule has 0 aliphatic rings. The maximum Gasteiger partial charge on any atom is 0.251 e. The van der Waals surface area contributed by atoms with Crippen molar-refractivity contribution in [2.75, 3.05) is 6.54 Å². The van der Waals surface area contributed by atoms with E-state index in [-0.39, 0.29) is 5.91 Å². The van der Waals surface area contributed by atoms with Crippen LogP contribution in [0.2, 0.25) is 0 Å². The summed E-state index contributed by atoms with van der Waals surface area (Å²) in [6, 6.07) is 15.5. The highest BCUT2D eigenvalue weighted by Crippen LogP contribution is 2.20. The van der Waals surface area contributed by atoms with Crippen molar-refractivity contribution < 1.29 is 4.79 Å². The third kappa shape index (κ3) is 4.62. The van der Waals surface area contributed by atoms with Crippen LogP contribution < -0.4 is 5.32 Å². The van der Waals surface area contributed by atoms with E-state index in [1.807, 2.05) is 36.4 Å². The van der Waals surface area contributed by atoms with Gasteiger partial charge in [-0.2, -0.15) is 0 Å². The Kier molecular flexibility index (Phi) is 6.27. The molecule has 0 bridgehead atoms. The molecule has 1 heterocycles. The highest BCUT2D eigenvalue weighted by Gasteiger charge is 2.11. The number of aryl methyl sites for hydroxylation is 1. The highest BCUT2D eigenvalue weighted by atomic mass is 79.9. The van der Waals surface area contributed by atoms with Gasteiger partial charge in [0.2, 0.25) is 0 Å². The first-order valence-corrected chi connectivity index (χ1v) is 9.94. The first-order chi connectivity index (χ1) is 12.5. The molecule has 0 saturated carbocycles. The fraction of sp³-hybridized carbons (Fsp3) is 0.200. The second kappa shape index (κ2) is 8.64. The number of nitrogens with zero attached hydrogens (tertiary/aromatic N) is 2. The molecule has 1 amide bonds. The average Bonchev–Trinajstić information content (AvgIpc) is 2.95. The molecular formula is C20H19Br2N3O. The van der Waals surface area contributed by atoms with E-state index >= 15 is 0 Å². The van der Waals surface area contributed by atoms with Gasteiger partial charge < -0.3 is 9.88 Å². The fourth-order valence-corrected chi connectivity index (χ4v) is 3.49. The number of hydrogen-bond donors (Lipinski definition) is 1. The molecule has 0 saturated heterocycles. The van der Waals surface area contributed by atoms with Crippen molar-refractivity contribution in [3.63, 3.8) is 0 Å². The Morgan fingerprint density at radius 3 is 2.77 bits per heavy atom. The zero-order chi connectivity index (χ0) is 18.5. The summed E-state index contributed by atoms with van der Waals surface area (Å²) in [7, 11) is 0. The Hall–Kier alpha value is -1.92. The van der Waals surface area contributed by atoms with Gasteiger partial charge in [-0.3, -0.25) is 4.79 Å². The maximum absolute atomic E-state index is 12.2. The van der Waals surface area contributed by atoms with Gasteiger partial charge in [0.25, 0.3) is 5.91 Å². The predicted molar refractivity (Wildman–Crippen MR) is 113 cm³/mol. The lowest BCUT2D eigenvalue weighted by Gasteiger charge is -2.09. The van der Waals surface area contributed by atoms with E-state index in [0.717, 1.165) is 38.7 Å². The van der Waals surface area contributed by atoms with Crippen LogP contribution in [0.1, 0.15) is 22.6 Å². The Balaban J connectivity index is 1.63. The number of nitrogens with one attached hydrogen (secondary N) is 1. The Labute approximate surface area is 169 Å². The number of imidazole rings is 1. The molecule has 0 atom stereocenters. The number of para-hydroxylation sites is 2. The van der Waals surface area contributed by atoms with E-state index < -0.39 is 0 Å². The van der Waals surface area contributed by atoms with Crippen LogP contribution in [0, 0.1) is 0 Å². The molecule has 4 nitrogen and oxygen atoms in total. The molecule has 0 fully saturated rings. The molecule has 26 heavy (non-hydrogen) atoms. The number of benzene rings is 2. The van der Waals surface area contributed by atoms with Gasteiger partial charge >= 0.3 is 0 Å². The lowest BCUT2D eigenvalue weighted by molar-refractivity contribution is 0.0953. The molecule has 134 valence electrons. The van der Waals surface area contributed by atoms with Gasteiger partial charge in [0.1, 0.15) is 5.82 Å². The molecule has 1 N–H and O–H groups in total. The van der Waals surface area contributed by atoms with Crippen LogP contribution in [0.5, 0.6) is 0 Å². The normalized spacial score (nSPS) is 10.8. The van der Waals surface area contributed by atoms with Gasteiger partial charge in [0, 0.05) is 27.5 Å². The summed E-state index contributed by atoms with van der Waals surface area (Å²) in [5, 5.41) is 2.97. The third-order valence-electron chi connectivity index (χ3n) is 4.01. The first kappa shape index (κ1) is 18.9. The zero-order valence-electron chi connectivity index (χ0n) is 14.2. The zero-order valence-corrected chi connectivity index (χ0v) is 17.4. The van der Waals surface area contributed by atoms with Gasteiger partial charge in [0.15, 0.2) is 0 Å². The molecule has 0 unspecified atom stereocenters. The number of carbonyl (C=O) groups excluding carboxylic acids is 1. The monoisotopic (exact) mass is 475 g/mol. The van der Waals surface area contributed by atoms with Gasteiger partial charge in [0.05, 0.1) is 17.6 Å². The minimum absolute atomic E-state index is 0.0614. The second-order valence-electron chi connectivity index (χ2n) is 5.99. The molecular weight excluding hydrogens is 458 g/mol. The van der Waals surface area contributed by atoms with Gasteiger partial charge in [-0.1, -0.05) is 56.6 Å². The summed E-state index contributed by atoms with van der Waals surface area (Å²) in [5.74, 6) is 0.942. The molecule has 2 aromatic carbocycles. The van der Waals surface area contributed by atoms with E-state index in [9.17, 15) is 4.79 Å². The van der Waals surface area contributed by atoms with Crippen LogP contribution in [0.15, 0.2) is 64.1 Å². The number of carbonyl (C=O) groups is 1. The van der Waals surface area contributed by atoms with Crippen molar-refractivity contribution in [3.05, 3.63) is 75.5 Å². The van der Waals surface area contributed by atoms with E-state index in [2.05, 4.69) is 54.4 Å². The Bertz CT molecular complexity index is 949. The summed E-state index contributed by atoms with van der Waals surface area (Å²) in [6.45, 7) is 5.23. The van der Waals surface area contributed by atoms with Crippen LogP contribution in [0.3, 0.4) is 0 Å². The van der Waals surface area contributed by atoms with Crippen molar-refractivity contribution in [3.8, 4) is 0 Å². The van der Waals surface area contributed by atoms with Gasteiger partial charge in [-0.15, -0.1) is 0 Å². The number of rotatable bonds is 7. The maximum atomic E-state index is 12.2. The standard InChI is InChI=1S/C20H19Br2N3O/c1-14(21)13-25-18-9-3-2-8-17(18)24-19(25)10-5-11-23-20(26)15-6-4-7-16(22)12-15/h2-4,6-9,12H,1,5,10-11,13H2,(H,23,26). The van der Waals surface area contributed by atoms with Crippen LogP contribution >= 0.6 is 31.9 Å². The SMILES string of the molecule is C=C(Br)Cn1c(CCCNC(=O)c2cccc(Br)c2)nc2ccccc21. The van der Waals surface area contributed by atoms with E-state index in [0.29, 0.717) is 18.7 Å². The Morgan fingerprint density at radius 2 is 2.00 bits per heavy atom. The van der Waals surface area contributed by atoms with Crippen molar-refractivity contribution in [2.45, 2.75) is 19.4 Å². The fourth-order valence-electron chi connectivity index (χ4n) is 2.84. The smallest absolute Gasteiger partial charge is 0.251 e. The van der Waals surface area contributed by atoms with Crippen molar-refractivity contribution in [1.82, 2.24) is 14.9 Å². The largest absolute Gasteiger partial charge is 0.352 e. The molecule has 0 aliphatic heterocycles. The van der Waals surface area contributed by atoms with Crippen LogP contribution in [-0.2, 0) is 13.0 Å². The van der Waals surface area contributed by atoms with Crippen molar-refractivity contribution in [2.24, 2.45) is 0 Å². The summed E-state index contributed by atoms with van der Waals surface area (Å²) in [6.07, 6.45) is 1.60. The van der Waals surface area contributed by atoms with Gasteiger partial charge in [-0.05, 0) is 36.8 Å². The summed E-state index contributed by atoms with van der Waals surface area (Å²) in [5.41, 5.74) is 2.73. The molecule has 0 aliphatic carbocycles. The number of allylic oxidation sites excluding steroid dienone is 1. The molecule has 3 aromatic rings. The quantitative estimate of drug-likeness (QED) is 0.484. The molecule has 3 rings (SSSR count). The van der Waals surface area contributed by atoms with Crippen LogP contribution in [0.4, 0.5) is 0 Å². The number of fused-ring (bicyclic) bond motifs is 1. The van der Waals surface area contributed by atoms with Crippen molar-refractivity contribution >= 4 is 48.8 Å². The average molecular weight is 477 g/mol. The van der Waals surface area contributed by atoms with Gasteiger partial charge in [-0.25, -0.2) is 4.98 Å². The predicted octanol–water partition coefficient (Wildman–Crippen LogP) is 5.07. The molecule has 0 spiro atoms. The molecule has 1 aromatic heterocycles. The number of amides is 1. The summed E-state index contributed by atoms with van der Waals surface area (Å²) < 4.78 is 3.97. The van der Waals surface area contributed by atoms with Crippen LogP contribution in [0.25, 0.3) is 11.0 Å². The summed E-state index contributed by atoms with van der Waals surface area (Å²) >= 11 is 6.83. The van der Waals surface area contributed by atoms with E-state index in [1.54, 1.807) is 6.07 Å². The highest BCUT2D eigenvalue weighted by molar-refractivity contribution is 9.11. The summed E-state index contributed by atoms with van der Waals surface area (Å²) in [4.78, 5) is 16.9. The molecule has 0 radical (unpaired) electrons. The minimum Gasteiger partial charge on any atom is -0.352 e.